The number of nitrogens with zero attached hydrogens (tertiary/aromatic N) is 2. The van der Waals surface area contributed by atoms with E-state index in [0.29, 0.717) is 42.7 Å². The lowest BCUT2D eigenvalue weighted by Gasteiger charge is -2.19. The van der Waals surface area contributed by atoms with Crippen molar-refractivity contribution < 1.29 is 18.7 Å². The van der Waals surface area contributed by atoms with E-state index in [1.807, 2.05) is 81.4 Å². The molecule has 0 unspecified atom stereocenters. The van der Waals surface area contributed by atoms with Gasteiger partial charge in [-0.2, -0.15) is 4.98 Å². The zero-order valence-electron chi connectivity index (χ0n) is 25.4. The molecule has 4 N–H and O–H groups in total. The second-order valence-electron chi connectivity index (χ2n) is 11.4. The van der Waals surface area contributed by atoms with Gasteiger partial charge in [-0.05, 0) is 86.0 Å². The summed E-state index contributed by atoms with van der Waals surface area (Å²) in [7, 11) is 0. The number of aromatic nitrogens is 2. The molecule has 0 aliphatic heterocycles. The summed E-state index contributed by atoms with van der Waals surface area (Å²) < 4.78 is 18.5. The highest BCUT2D eigenvalue weighted by atomic mass is 19.1. The Hall–Kier alpha value is -5.51. The smallest absolute Gasteiger partial charge is 0.407 e. The predicted molar refractivity (Wildman–Crippen MR) is 176 cm³/mol. The molecule has 2 amide bonds. The molecule has 5 aromatic rings. The Bertz CT molecular complexity index is 1770. The molecule has 9 nitrogen and oxygen atoms in total. The third-order valence-corrected chi connectivity index (χ3v) is 6.68. The van der Waals surface area contributed by atoms with E-state index >= 15 is 0 Å². The minimum atomic E-state index is -0.559. The van der Waals surface area contributed by atoms with Crippen LogP contribution in [0.1, 0.15) is 36.7 Å². The van der Waals surface area contributed by atoms with E-state index in [9.17, 15) is 14.0 Å². The van der Waals surface area contributed by atoms with Crippen LogP contribution in [0.4, 0.5) is 26.6 Å². The van der Waals surface area contributed by atoms with Crippen molar-refractivity contribution in [3.63, 3.8) is 0 Å². The second-order valence-corrected chi connectivity index (χ2v) is 11.4. The van der Waals surface area contributed by atoms with Crippen LogP contribution in [-0.4, -0.2) is 40.7 Å². The standard InChI is InChI=1S/C35H35FN6O3/c1-35(2,3)45-34(44)38-21-20-37-31-29-6-4-5-7-30(29)41-33(42-31)39-22-23-8-18-28(19-9-23)40-32(43)26-12-10-24(11-13-26)25-14-16-27(36)17-15-25/h4-19H,20-22H2,1-3H3,(H,38,44)(H,40,43)(H2,37,39,41,42). The molecule has 45 heavy (non-hydrogen) atoms. The summed E-state index contributed by atoms with van der Waals surface area (Å²) in [5.41, 5.74) is 4.16. The van der Waals surface area contributed by atoms with E-state index in [2.05, 4.69) is 31.2 Å². The van der Waals surface area contributed by atoms with Crippen LogP contribution in [0.2, 0.25) is 0 Å². The molecule has 1 heterocycles. The lowest BCUT2D eigenvalue weighted by atomic mass is 10.0. The number of carbonyl (C=O) groups is 2. The van der Waals surface area contributed by atoms with Crippen molar-refractivity contribution in [1.82, 2.24) is 15.3 Å². The zero-order valence-corrected chi connectivity index (χ0v) is 25.4. The number of carbonyl (C=O) groups excluding carboxylic acids is 2. The molecule has 0 radical (unpaired) electrons. The first-order chi connectivity index (χ1) is 21.6. The van der Waals surface area contributed by atoms with Crippen molar-refractivity contribution in [2.24, 2.45) is 0 Å². The number of benzene rings is 4. The maximum absolute atomic E-state index is 13.2. The van der Waals surface area contributed by atoms with Crippen LogP contribution < -0.4 is 21.3 Å². The molecular formula is C35H35FN6O3. The first kappa shape index (κ1) is 30.9. The van der Waals surface area contributed by atoms with Crippen LogP contribution in [0, 0.1) is 5.82 Å². The van der Waals surface area contributed by atoms with Gasteiger partial charge in [-0.25, -0.2) is 14.2 Å². The van der Waals surface area contributed by atoms with E-state index in [1.54, 1.807) is 24.3 Å². The van der Waals surface area contributed by atoms with Gasteiger partial charge in [0, 0.05) is 36.3 Å². The van der Waals surface area contributed by atoms with Crippen molar-refractivity contribution in [1.29, 1.82) is 0 Å². The van der Waals surface area contributed by atoms with Crippen LogP contribution >= 0.6 is 0 Å². The van der Waals surface area contributed by atoms with Crippen LogP contribution in [0.5, 0.6) is 0 Å². The van der Waals surface area contributed by atoms with Crippen LogP contribution in [0.3, 0.4) is 0 Å². The third kappa shape index (κ3) is 8.76. The number of fused-ring (bicyclic) bond motifs is 1. The summed E-state index contributed by atoms with van der Waals surface area (Å²) in [5.74, 6) is 0.594. The lowest BCUT2D eigenvalue weighted by molar-refractivity contribution is 0.0530. The number of rotatable bonds is 10. The highest BCUT2D eigenvalue weighted by molar-refractivity contribution is 6.04. The SMILES string of the molecule is CC(C)(C)OC(=O)NCCNc1nc(NCc2ccc(NC(=O)c3ccc(-c4ccc(F)cc4)cc3)cc2)nc2ccccc12. The van der Waals surface area contributed by atoms with Crippen LogP contribution in [0.25, 0.3) is 22.0 Å². The number of para-hydroxylation sites is 1. The van der Waals surface area contributed by atoms with Crippen LogP contribution in [0.15, 0.2) is 97.1 Å². The fraction of sp³-hybridized carbons (Fsp3) is 0.200. The van der Waals surface area contributed by atoms with Crippen molar-refractivity contribution in [2.45, 2.75) is 32.9 Å². The lowest BCUT2D eigenvalue weighted by Crippen LogP contribution is -2.35. The summed E-state index contributed by atoms with van der Waals surface area (Å²) in [6.07, 6.45) is -0.470. The monoisotopic (exact) mass is 606 g/mol. The topological polar surface area (TPSA) is 117 Å². The molecule has 0 fully saturated rings. The number of nitrogens with one attached hydrogen (secondary N) is 4. The largest absolute Gasteiger partial charge is 0.444 e. The van der Waals surface area contributed by atoms with Crippen molar-refractivity contribution in [3.05, 3.63) is 114 Å². The van der Waals surface area contributed by atoms with Crippen molar-refractivity contribution in [2.75, 3.05) is 29.0 Å². The van der Waals surface area contributed by atoms with Gasteiger partial charge in [0.2, 0.25) is 5.95 Å². The van der Waals surface area contributed by atoms with E-state index < -0.39 is 11.7 Å². The molecule has 0 atom stereocenters. The Morgan fingerprint density at radius 1 is 0.778 bits per heavy atom. The first-order valence-corrected chi connectivity index (χ1v) is 14.6. The summed E-state index contributed by atoms with van der Waals surface area (Å²) in [5, 5.41) is 13.1. The number of ether oxygens (including phenoxy) is 1. The summed E-state index contributed by atoms with van der Waals surface area (Å²) in [6.45, 7) is 6.73. The fourth-order valence-corrected chi connectivity index (χ4v) is 4.50. The minimum absolute atomic E-state index is 0.225. The number of amides is 2. The number of halogens is 1. The van der Waals surface area contributed by atoms with E-state index in [4.69, 9.17) is 4.74 Å². The number of hydrogen-bond acceptors (Lipinski definition) is 7. The quantitative estimate of drug-likeness (QED) is 0.124. The Kier molecular flexibility index (Phi) is 9.52. The molecule has 0 aliphatic carbocycles. The number of anilines is 3. The van der Waals surface area contributed by atoms with Crippen molar-refractivity contribution >= 4 is 40.4 Å². The number of hydrogen-bond donors (Lipinski definition) is 4. The van der Waals surface area contributed by atoms with Crippen LogP contribution in [-0.2, 0) is 11.3 Å². The summed E-state index contributed by atoms with van der Waals surface area (Å²) in [4.78, 5) is 34.0. The average Bonchev–Trinajstić information content (AvgIpc) is 3.02. The zero-order chi connectivity index (χ0) is 31.8. The molecule has 0 saturated heterocycles. The van der Waals surface area contributed by atoms with E-state index in [1.165, 1.54) is 12.1 Å². The highest BCUT2D eigenvalue weighted by Gasteiger charge is 2.15. The molecule has 4 aromatic carbocycles. The Labute approximate surface area is 261 Å². The Morgan fingerprint density at radius 2 is 1.44 bits per heavy atom. The van der Waals surface area contributed by atoms with E-state index in [0.717, 1.165) is 27.6 Å². The Balaban J connectivity index is 1.16. The van der Waals surface area contributed by atoms with Gasteiger partial charge in [-0.1, -0.05) is 48.5 Å². The van der Waals surface area contributed by atoms with Gasteiger partial charge in [0.05, 0.1) is 5.52 Å². The van der Waals surface area contributed by atoms with Gasteiger partial charge in [-0.3, -0.25) is 4.79 Å². The molecule has 0 aliphatic rings. The van der Waals surface area contributed by atoms with Gasteiger partial charge >= 0.3 is 6.09 Å². The normalized spacial score (nSPS) is 11.1. The van der Waals surface area contributed by atoms with Gasteiger partial charge < -0.3 is 26.0 Å². The molecule has 5 rings (SSSR count). The maximum Gasteiger partial charge on any atom is 0.407 e. The van der Waals surface area contributed by atoms with Gasteiger partial charge in [0.1, 0.15) is 17.2 Å². The average molecular weight is 607 g/mol. The first-order valence-electron chi connectivity index (χ1n) is 14.6. The molecule has 0 bridgehead atoms. The van der Waals surface area contributed by atoms with Gasteiger partial charge in [0.25, 0.3) is 5.91 Å². The molecule has 1 aromatic heterocycles. The Morgan fingerprint density at radius 3 is 2.13 bits per heavy atom. The third-order valence-electron chi connectivity index (χ3n) is 6.68. The van der Waals surface area contributed by atoms with Gasteiger partial charge in [0.15, 0.2) is 0 Å². The molecule has 10 heteroatoms. The maximum atomic E-state index is 13.2. The van der Waals surface area contributed by atoms with Gasteiger partial charge in [-0.15, -0.1) is 0 Å². The van der Waals surface area contributed by atoms with E-state index in [-0.39, 0.29) is 11.7 Å². The number of alkyl carbamates (subject to hydrolysis) is 1. The predicted octanol–water partition coefficient (Wildman–Crippen LogP) is 7.24. The molecule has 0 spiro atoms. The molecule has 230 valence electrons. The minimum Gasteiger partial charge on any atom is -0.444 e. The van der Waals surface area contributed by atoms with Crippen molar-refractivity contribution in [3.8, 4) is 11.1 Å². The fourth-order valence-electron chi connectivity index (χ4n) is 4.50. The summed E-state index contributed by atoms with van der Waals surface area (Å²) >= 11 is 0. The molecular weight excluding hydrogens is 571 g/mol. The second kappa shape index (κ2) is 13.9. The molecule has 0 saturated carbocycles. The summed E-state index contributed by atoms with van der Waals surface area (Å²) in [6, 6.07) is 28.6. The highest BCUT2D eigenvalue weighted by Crippen LogP contribution is 2.23.